The van der Waals surface area contributed by atoms with Crippen LogP contribution >= 0.6 is 15.9 Å². The summed E-state index contributed by atoms with van der Waals surface area (Å²) < 4.78 is 6.22. The van der Waals surface area contributed by atoms with Crippen molar-refractivity contribution in [3.05, 3.63) is 35.0 Å². The van der Waals surface area contributed by atoms with Crippen molar-refractivity contribution in [2.45, 2.75) is 0 Å². The Morgan fingerprint density at radius 3 is 2.57 bits per heavy atom. The molecule has 0 spiro atoms. The normalized spacial score (nSPS) is 10.1. The minimum Gasteiger partial charge on any atom is -0.432 e. The number of hydrogen-bond acceptors (Lipinski definition) is 3. The molecule has 0 radical (unpaired) electrons. The summed E-state index contributed by atoms with van der Waals surface area (Å²) in [5, 5.41) is 2.84. The first-order chi connectivity index (χ1) is 6.79. The Kier molecular flexibility index (Phi) is 2.54. The lowest BCUT2D eigenvalue weighted by Crippen LogP contribution is -1.86. The molecule has 1 heterocycles. The van der Waals surface area contributed by atoms with E-state index in [2.05, 4.69) is 26.2 Å². The average Bonchev–Trinajstić information content (AvgIpc) is 2.67. The zero-order valence-electron chi connectivity index (χ0n) is 7.62. The van der Waals surface area contributed by atoms with Crippen molar-refractivity contribution >= 4 is 21.9 Å². The van der Waals surface area contributed by atoms with Gasteiger partial charge in [-0.05, 0) is 12.1 Å². The maximum absolute atomic E-state index is 5.16. The zero-order chi connectivity index (χ0) is 9.97. The van der Waals surface area contributed by atoms with Gasteiger partial charge in [-0.1, -0.05) is 28.1 Å². The molecule has 4 heteroatoms. The largest absolute Gasteiger partial charge is 0.432 e. The van der Waals surface area contributed by atoms with Crippen molar-refractivity contribution in [1.29, 1.82) is 0 Å². The number of aromatic nitrogens is 1. The fourth-order valence-electron chi connectivity index (χ4n) is 1.14. The molecule has 3 nitrogen and oxygen atoms in total. The lowest BCUT2D eigenvalue weighted by molar-refractivity contribution is 0.576. The summed E-state index contributed by atoms with van der Waals surface area (Å²) in [6.45, 7) is 0. The second kappa shape index (κ2) is 3.84. The number of anilines is 1. The smallest absolute Gasteiger partial charge is 0.294 e. The van der Waals surface area contributed by atoms with Gasteiger partial charge in [-0.2, -0.15) is 4.98 Å². The number of nitrogens with one attached hydrogen (secondary N) is 1. The van der Waals surface area contributed by atoms with Gasteiger partial charge in [0.15, 0.2) is 0 Å². The summed E-state index contributed by atoms with van der Waals surface area (Å²) in [5.74, 6) is 0. The lowest BCUT2D eigenvalue weighted by atomic mass is 10.2. The highest BCUT2D eigenvalue weighted by molar-refractivity contribution is 9.10. The molecule has 2 aromatic rings. The molecule has 1 N–H and O–H groups in total. The third-order valence-corrected chi connectivity index (χ3v) is 2.39. The number of nitrogens with zero attached hydrogens (tertiary/aromatic N) is 1. The van der Waals surface area contributed by atoms with E-state index < -0.39 is 0 Å². The number of halogens is 1. The number of oxazole rings is 1. The second-order valence-corrected chi connectivity index (χ2v) is 3.71. The predicted octanol–water partition coefficient (Wildman–Crippen LogP) is 3.15. The van der Waals surface area contributed by atoms with Crippen LogP contribution in [-0.4, -0.2) is 12.0 Å². The molecule has 72 valence electrons. The van der Waals surface area contributed by atoms with Gasteiger partial charge in [0.2, 0.25) is 0 Å². The summed E-state index contributed by atoms with van der Waals surface area (Å²) in [6.07, 6.45) is 1.63. The van der Waals surface area contributed by atoms with Crippen LogP contribution in [0.3, 0.4) is 0 Å². The molecule has 0 amide bonds. The van der Waals surface area contributed by atoms with E-state index in [0.717, 1.165) is 15.7 Å². The fraction of sp³-hybridized carbons (Fsp3) is 0.100. The van der Waals surface area contributed by atoms with E-state index in [1.165, 1.54) is 0 Å². The fourth-order valence-corrected chi connectivity index (χ4v) is 1.41. The summed E-state index contributed by atoms with van der Waals surface area (Å²) in [6, 6.07) is 8.46. The quantitative estimate of drug-likeness (QED) is 0.893. The Balaban J connectivity index is 2.34. The van der Waals surface area contributed by atoms with Gasteiger partial charge in [-0.15, -0.1) is 0 Å². The van der Waals surface area contributed by atoms with Crippen LogP contribution in [0.25, 0.3) is 11.3 Å². The van der Waals surface area contributed by atoms with Gasteiger partial charge in [0, 0.05) is 17.1 Å². The van der Waals surface area contributed by atoms with Crippen molar-refractivity contribution in [2.24, 2.45) is 0 Å². The monoisotopic (exact) mass is 252 g/mol. The zero-order valence-corrected chi connectivity index (χ0v) is 9.21. The highest BCUT2D eigenvalue weighted by Crippen LogP contribution is 2.22. The first kappa shape index (κ1) is 9.27. The van der Waals surface area contributed by atoms with E-state index >= 15 is 0 Å². The minimum atomic E-state index is 0.530. The topological polar surface area (TPSA) is 38.1 Å². The van der Waals surface area contributed by atoms with Crippen molar-refractivity contribution in [3.8, 4) is 11.3 Å². The molecular formula is C10H9BrN2O. The lowest BCUT2D eigenvalue weighted by Gasteiger charge is -1.94. The molecule has 1 aromatic heterocycles. The van der Waals surface area contributed by atoms with Gasteiger partial charge in [0.25, 0.3) is 6.01 Å². The highest BCUT2D eigenvalue weighted by atomic mass is 79.9. The van der Waals surface area contributed by atoms with Gasteiger partial charge < -0.3 is 9.73 Å². The van der Waals surface area contributed by atoms with E-state index in [-0.39, 0.29) is 0 Å². The van der Waals surface area contributed by atoms with Crippen LogP contribution in [0, 0.1) is 0 Å². The van der Waals surface area contributed by atoms with Crippen LogP contribution < -0.4 is 5.32 Å². The van der Waals surface area contributed by atoms with E-state index in [0.29, 0.717) is 6.01 Å². The maximum atomic E-state index is 5.16. The molecule has 0 fully saturated rings. The molecule has 2 rings (SSSR count). The van der Waals surface area contributed by atoms with Crippen molar-refractivity contribution in [1.82, 2.24) is 4.98 Å². The van der Waals surface area contributed by atoms with E-state index in [9.17, 15) is 0 Å². The molecule has 0 aliphatic rings. The van der Waals surface area contributed by atoms with Crippen LogP contribution in [0.15, 0.2) is 39.4 Å². The molecule has 0 atom stereocenters. The van der Waals surface area contributed by atoms with Crippen LogP contribution in [0.5, 0.6) is 0 Å². The molecule has 14 heavy (non-hydrogen) atoms. The van der Waals surface area contributed by atoms with E-state index in [4.69, 9.17) is 4.42 Å². The van der Waals surface area contributed by atoms with Gasteiger partial charge in [0.05, 0.1) is 0 Å². The molecule has 0 bridgehead atoms. The van der Waals surface area contributed by atoms with Gasteiger partial charge in [-0.25, -0.2) is 0 Å². The molecular weight excluding hydrogens is 244 g/mol. The third-order valence-electron chi connectivity index (χ3n) is 1.86. The first-order valence-corrected chi connectivity index (χ1v) is 4.98. The van der Waals surface area contributed by atoms with Crippen LogP contribution in [-0.2, 0) is 0 Å². The molecule has 0 saturated heterocycles. The van der Waals surface area contributed by atoms with Crippen molar-refractivity contribution in [3.63, 3.8) is 0 Å². The first-order valence-electron chi connectivity index (χ1n) is 4.19. The van der Waals surface area contributed by atoms with E-state index in [1.54, 1.807) is 13.3 Å². The molecule has 0 aliphatic carbocycles. The number of benzene rings is 1. The summed E-state index contributed by atoms with van der Waals surface area (Å²) in [7, 11) is 1.77. The summed E-state index contributed by atoms with van der Waals surface area (Å²) in [4.78, 5) is 4.24. The molecule has 0 aliphatic heterocycles. The van der Waals surface area contributed by atoms with Crippen LogP contribution in [0.2, 0.25) is 0 Å². The Hall–Kier alpha value is -1.29. The minimum absolute atomic E-state index is 0.530. The highest BCUT2D eigenvalue weighted by Gasteiger charge is 2.03. The Morgan fingerprint density at radius 2 is 2.00 bits per heavy atom. The molecule has 1 aromatic carbocycles. The molecule has 0 saturated carbocycles. The third kappa shape index (κ3) is 1.80. The summed E-state index contributed by atoms with van der Waals surface area (Å²) >= 11 is 3.38. The van der Waals surface area contributed by atoms with Crippen LogP contribution in [0.4, 0.5) is 6.01 Å². The average molecular weight is 253 g/mol. The Bertz CT molecular complexity index is 422. The predicted molar refractivity (Wildman–Crippen MR) is 59.2 cm³/mol. The number of hydrogen-bond donors (Lipinski definition) is 1. The maximum Gasteiger partial charge on any atom is 0.294 e. The van der Waals surface area contributed by atoms with Gasteiger partial charge in [0.1, 0.15) is 12.0 Å². The van der Waals surface area contributed by atoms with Crippen LogP contribution in [0.1, 0.15) is 0 Å². The SMILES string of the molecule is CNc1nc(-c2ccc(Br)cc2)co1. The van der Waals surface area contributed by atoms with Crippen molar-refractivity contribution < 1.29 is 4.42 Å². The Morgan fingerprint density at radius 1 is 1.29 bits per heavy atom. The van der Waals surface area contributed by atoms with Crippen molar-refractivity contribution in [2.75, 3.05) is 12.4 Å². The summed E-state index contributed by atoms with van der Waals surface area (Å²) in [5.41, 5.74) is 1.88. The van der Waals surface area contributed by atoms with Gasteiger partial charge >= 0.3 is 0 Å². The second-order valence-electron chi connectivity index (χ2n) is 2.79. The molecule has 0 unspecified atom stereocenters. The van der Waals surface area contributed by atoms with E-state index in [1.807, 2.05) is 24.3 Å². The number of rotatable bonds is 2. The standard InChI is InChI=1S/C10H9BrN2O/c1-12-10-13-9(6-14-10)7-2-4-8(11)5-3-7/h2-6H,1H3,(H,12,13). The Labute approximate surface area is 90.3 Å². The van der Waals surface area contributed by atoms with Gasteiger partial charge in [-0.3, -0.25) is 0 Å².